The van der Waals surface area contributed by atoms with Gasteiger partial charge < -0.3 is 4.74 Å². The van der Waals surface area contributed by atoms with Crippen LogP contribution in [0.1, 0.15) is 23.4 Å². The van der Waals surface area contributed by atoms with Crippen molar-refractivity contribution in [2.24, 2.45) is 0 Å². The molecule has 0 spiro atoms. The van der Waals surface area contributed by atoms with Gasteiger partial charge in [0.05, 0.1) is 5.52 Å². The summed E-state index contributed by atoms with van der Waals surface area (Å²) in [6, 6.07) is 13.1. The molecule has 0 saturated carbocycles. The molecule has 2 N–H and O–H groups in total. The Bertz CT molecular complexity index is 1300. The third kappa shape index (κ3) is 4.51. The molecule has 0 fully saturated rings. The van der Waals surface area contributed by atoms with Crippen LogP contribution in [0.15, 0.2) is 48.5 Å². The second-order valence-corrected chi connectivity index (χ2v) is 7.35. The predicted molar refractivity (Wildman–Crippen MR) is 116 cm³/mol. The Kier molecular flexibility index (Phi) is 5.98. The summed E-state index contributed by atoms with van der Waals surface area (Å²) in [6.07, 6.45) is 0.610. The molecule has 0 aliphatic rings. The molecule has 0 aliphatic heterocycles. The maximum absolute atomic E-state index is 12.9. The van der Waals surface area contributed by atoms with E-state index in [1.807, 2.05) is 38.1 Å². The fourth-order valence-corrected chi connectivity index (χ4v) is 3.49. The quantitative estimate of drug-likeness (QED) is 0.454. The number of carbonyl (C=O) groups is 2. The normalized spacial score (nSPS) is 11.0. The first-order valence-electron chi connectivity index (χ1n) is 10.1. The lowest BCUT2D eigenvalue weighted by Crippen LogP contribution is -2.43. The highest BCUT2D eigenvalue weighted by molar-refractivity contribution is 5.92. The summed E-state index contributed by atoms with van der Waals surface area (Å²) in [5.41, 5.74) is 9.03. The zero-order valence-corrected chi connectivity index (χ0v) is 17.7. The first-order chi connectivity index (χ1) is 15.4. The number of halogens is 1. The Balaban J connectivity index is 1.33. The minimum absolute atomic E-state index is 0.161. The van der Waals surface area contributed by atoms with Crippen LogP contribution in [0.25, 0.3) is 16.6 Å². The van der Waals surface area contributed by atoms with Gasteiger partial charge in [-0.2, -0.15) is 5.10 Å². The number of hydrogen-bond acceptors (Lipinski definition) is 5. The van der Waals surface area contributed by atoms with Gasteiger partial charge in [0.15, 0.2) is 12.3 Å². The average Bonchev–Trinajstić information content (AvgIpc) is 3.16. The second-order valence-electron chi connectivity index (χ2n) is 7.35. The Morgan fingerprint density at radius 3 is 2.53 bits per heavy atom. The van der Waals surface area contributed by atoms with E-state index in [0.29, 0.717) is 12.2 Å². The molecule has 8 nitrogen and oxygen atoms in total. The van der Waals surface area contributed by atoms with Gasteiger partial charge in [-0.05, 0) is 62.2 Å². The molecule has 4 aromatic rings. The van der Waals surface area contributed by atoms with Gasteiger partial charge in [0, 0.05) is 23.2 Å². The van der Waals surface area contributed by atoms with E-state index in [-0.39, 0.29) is 18.9 Å². The molecule has 32 heavy (non-hydrogen) atoms. The van der Waals surface area contributed by atoms with Crippen LogP contribution in [0.5, 0.6) is 5.75 Å². The lowest BCUT2D eigenvalue weighted by atomic mass is 10.1. The average molecular weight is 435 g/mol. The molecule has 0 bridgehead atoms. The van der Waals surface area contributed by atoms with Crippen LogP contribution in [0.2, 0.25) is 0 Å². The highest BCUT2D eigenvalue weighted by atomic mass is 19.1. The molecule has 0 atom stereocenters. The third-order valence-electron chi connectivity index (χ3n) is 5.15. The SMILES string of the molecule is Cc1nc2c3ccccc3nn2c(C)c1CCC(=O)NNC(=O)COc1ccc(F)cc1. The smallest absolute Gasteiger partial charge is 0.276 e. The van der Waals surface area contributed by atoms with Crippen LogP contribution in [0.3, 0.4) is 0 Å². The van der Waals surface area contributed by atoms with Crippen LogP contribution < -0.4 is 15.6 Å². The number of aryl methyl sites for hydroxylation is 2. The summed E-state index contributed by atoms with van der Waals surface area (Å²) < 4.78 is 19.9. The summed E-state index contributed by atoms with van der Waals surface area (Å²) >= 11 is 0. The summed E-state index contributed by atoms with van der Waals surface area (Å²) in [4.78, 5) is 28.8. The summed E-state index contributed by atoms with van der Waals surface area (Å²) in [7, 11) is 0. The topological polar surface area (TPSA) is 97.6 Å². The van der Waals surface area contributed by atoms with E-state index in [1.54, 1.807) is 4.52 Å². The molecule has 0 radical (unpaired) electrons. The van der Waals surface area contributed by atoms with Gasteiger partial charge in [-0.1, -0.05) is 12.1 Å². The van der Waals surface area contributed by atoms with Crippen LogP contribution >= 0.6 is 0 Å². The summed E-state index contributed by atoms with van der Waals surface area (Å²) in [5, 5.41) is 5.60. The molecule has 4 rings (SSSR count). The van der Waals surface area contributed by atoms with Crippen molar-refractivity contribution in [2.75, 3.05) is 6.61 Å². The number of benzene rings is 2. The van der Waals surface area contributed by atoms with E-state index in [2.05, 4.69) is 16.0 Å². The molecule has 0 aliphatic carbocycles. The number of ether oxygens (including phenoxy) is 1. The first-order valence-corrected chi connectivity index (χ1v) is 10.1. The van der Waals surface area contributed by atoms with E-state index in [0.717, 1.165) is 33.5 Å². The van der Waals surface area contributed by atoms with E-state index in [9.17, 15) is 14.0 Å². The third-order valence-corrected chi connectivity index (χ3v) is 5.15. The molecule has 2 aromatic carbocycles. The maximum Gasteiger partial charge on any atom is 0.276 e. The van der Waals surface area contributed by atoms with Crippen molar-refractivity contribution in [3.63, 3.8) is 0 Å². The number of amides is 2. The zero-order chi connectivity index (χ0) is 22.7. The van der Waals surface area contributed by atoms with Gasteiger partial charge in [0.25, 0.3) is 5.91 Å². The monoisotopic (exact) mass is 435 g/mol. The van der Waals surface area contributed by atoms with Crippen molar-refractivity contribution >= 4 is 28.4 Å². The molecule has 9 heteroatoms. The number of carbonyl (C=O) groups excluding carboxylic acids is 2. The van der Waals surface area contributed by atoms with Crippen LogP contribution in [-0.4, -0.2) is 33.0 Å². The number of nitrogens with zero attached hydrogens (tertiary/aromatic N) is 3. The van der Waals surface area contributed by atoms with Crippen LogP contribution in [0.4, 0.5) is 4.39 Å². The molecule has 164 valence electrons. The van der Waals surface area contributed by atoms with E-state index in [4.69, 9.17) is 9.72 Å². The van der Waals surface area contributed by atoms with Crippen molar-refractivity contribution in [2.45, 2.75) is 26.7 Å². The highest BCUT2D eigenvalue weighted by Crippen LogP contribution is 2.22. The van der Waals surface area contributed by atoms with Crippen molar-refractivity contribution in [1.29, 1.82) is 0 Å². The Hall–Kier alpha value is -4.01. The van der Waals surface area contributed by atoms with Gasteiger partial charge >= 0.3 is 0 Å². The lowest BCUT2D eigenvalue weighted by molar-refractivity contribution is -0.130. The fraction of sp³-hybridized carbons (Fsp3) is 0.217. The van der Waals surface area contributed by atoms with E-state index >= 15 is 0 Å². The maximum atomic E-state index is 12.9. The van der Waals surface area contributed by atoms with Crippen LogP contribution in [-0.2, 0) is 16.0 Å². The van der Waals surface area contributed by atoms with Gasteiger partial charge in [-0.25, -0.2) is 13.9 Å². The largest absolute Gasteiger partial charge is 0.484 e. The fourth-order valence-electron chi connectivity index (χ4n) is 3.49. The van der Waals surface area contributed by atoms with Gasteiger partial charge in [-0.15, -0.1) is 0 Å². The minimum atomic E-state index is -0.527. The van der Waals surface area contributed by atoms with Crippen molar-refractivity contribution in [3.8, 4) is 5.75 Å². The first kappa shape index (κ1) is 21.2. The standard InChI is InChI=1S/C23H22FN5O3/c1-14-18(15(2)29-23(25-14)19-5-3-4-6-20(19)28-29)11-12-21(30)26-27-22(31)13-32-17-9-7-16(24)8-10-17/h3-10H,11-13H2,1-2H3,(H,26,30)(H,27,31). The second kappa shape index (κ2) is 9.01. The minimum Gasteiger partial charge on any atom is -0.484 e. The summed E-state index contributed by atoms with van der Waals surface area (Å²) in [5.74, 6) is -0.909. The molecule has 0 unspecified atom stereocenters. The summed E-state index contributed by atoms with van der Waals surface area (Å²) in [6.45, 7) is 3.56. The number of hydrazine groups is 1. The molecule has 0 saturated heterocycles. The Morgan fingerprint density at radius 1 is 1.03 bits per heavy atom. The Labute approximate surface area is 183 Å². The van der Waals surface area contributed by atoms with Crippen LogP contribution in [0, 0.1) is 19.7 Å². The number of fused-ring (bicyclic) bond motifs is 3. The van der Waals surface area contributed by atoms with E-state index < -0.39 is 11.7 Å². The zero-order valence-electron chi connectivity index (χ0n) is 17.7. The van der Waals surface area contributed by atoms with Gasteiger partial charge in [-0.3, -0.25) is 20.4 Å². The molecular weight excluding hydrogens is 413 g/mol. The van der Waals surface area contributed by atoms with Crippen molar-refractivity contribution in [3.05, 3.63) is 71.3 Å². The van der Waals surface area contributed by atoms with Gasteiger partial charge in [0.2, 0.25) is 5.91 Å². The van der Waals surface area contributed by atoms with Gasteiger partial charge in [0.1, 0.15) is 11.6 Å². The molecule has 2 heterocycles. The molecule has 2 amide bonds. The molecule has 2 aromatic heterocycles. The molecular formula is C23H22FN5O3. The van der Waals surface area contributed by atoms with Crippen molar-refractivity contribution in [1.82, 2.24) is 25.4 Å². The number of nitrogens with one attached hydrogen (secondary N) is 2. The van der Waals surface area contributed by atoms with Crippen molar-refractivity contribution < 1.29 is 18.7 Å². The van der Waals surface area contributed by atoms with E-state index in [1.165, 1.54) is 24.3 Å². The Morgan fingerprint density at radius 2 is 1.75 bits per heavy atom. The predicted octanol–water partition coefficient (Wildman–Crippen LogP) is 2.80. The number of aromatic nitrogens is 3. The number of hydrogen-bond donors (Lipinski definition) is 2. The number of rotatable bonds is 6. The lowest BCUT2D eigenvalue weighted by Gasteiger charge is -2.12. The highest BCUT2D eigenvalue weighted by Gasteiger charge is 2.15.